The summed E-state index contributed by atoms with van der Waals surface area (Å²) in [6.45, 7) is 1.67. The van der Waals surface area contributed by atoms with Crippen molar-refractivity contribution in [3.05, 3.63) is 0 Å². The molecule has 15 heavy (non-hydrogen) atoms. The van der Waals surface area contributed by atoms with Gasteiger partial charge in [0.15, 0.2) is 0 Å². The van der Waals surface area contributed by atoms with Crippen molar-refractivity contribution in [1.82, 2.24) is 15.5 Å². The fraction of sp³-hybridized carbons (Fsp3) is 0.800. The molecule has 0 aromatic rings. The molecule has 84 valence electrons. The van der Waals surface area contributed by atoms with Crippen LogP contribution in [-0.4, -0.2) is 49.4 Å². The van der Waals surface area contributed by atoms with Gasteiger partial charge < -0.3 is 15.5 Å². The maximum atomic E-state index is 11.7. The molecule has 0 spiro atoms. The van der Waals surface area contributed by atoms with E-state index in [1.165, 1.54) is 4.90 Å². The van der Waals surface area contributed by atoms with E-state index in [9.17, 15) is 9.59 Å². The molecule has 2 amide bonds. The van der Waals surface area contributed by atoms with Crippen LogP contribution in [0.2, 0.25) is 0 Å². The molecule has 0 unspecified atom stereocenters. The quantitative estimate of drug-likeness (QED) is 0.623. The van der Waals surface area contributed by atoms with E-state index >= 15 is 0 Å². The van der Waals surface area contributed by atoms with Crippen molar-refractivity contribution in [2.24, 2.45) is 5.92 Å². The normalized spacial score (nSPS) is 20.6. The molecule has 5 nitrogen and oxygen atoms in total. The number of likely N-dealkylation sites (N-methyl/N-ethyl adjacent to an activating group) is 1. The van der Waals surface area contributed by atoms with Crippen LogP contribution in [0.3, 0.4) is 0 Å². The largest absolute Gasteiger partial charge is 0.352 e. The lowest BCUT2D eigenvalue weighted by atomic mass is 10.0. The Hall–Kier alpha value is -1.10. The van der Waals surface area contributed by atoms with Gasteiger partial charge in [-0.3, -0.25) is 9.59 Å². The summed E-state index contributed by atoms with van der Waals surface area (Å²) in [6.07, 6.45) is 2.16. The van der Waals surface area contributed by atoms with E-state index in [0.717, 1.165) is 25.9 Å². The Bertz CT molecular complexity index is 272. The zero-order chi connectivity index (χ0) is 10.8. The number of carbonyl (C=O) groups is 2. The minimum absolute atomic E-state index is 0.0411. The summed E-state index contributed by atoms with van der Waals surface area (Å²) < 4.78 is 0. The van der Waals surface area contributed by atoms with Crippen molar-refractivity contribution in [2.75, 3.05) is 26.7 Å². The summed E-state index contributed by atoms with van der Waals surface area (Å²) in [5.41, 5.74) is 0. The molecule has 2 aliphatic rings. The number of hydrogen-bond acceptors (Lipinski definition) is 3. The van der Waals surface area contributed by atoms with Gasteiger partial charge in [0.1, 0.15) is 0 Å². The van der Waals surface area contributed by atoms with Crippen molar-refractivity contribution in [3.63, 3.8) is 0 Å². The molecule has 5 heteroatoms. The topological polar surface area (TPSA) is 61.4 Å². The predicted octanol–water partition coefficient (Wildman–Crippen LogP) is -1.06. The van der Waals surface area contributed by atoms with Gasteiger partial charge in [0, 0.05) is 26.2 Å². The molecule has 2 fully saturated rings. The Balaban J connectivity index is 1.71. The molecule has 0 aromatic heterocycles. The first-order valence-electron chi connectivity index (χ1n) is 5.42. The first-order chi connectivity index (χ1) is 7.16. The van der Waals surface area contributed by atoms with Gasteiger partial charge in [0.25, 0.3) is 0 Å². The van der Waals surface area contributed by atoms with E-state index in [2.05, 4.69) is 10.6 Å². The summed E-state index contributed by atoms with van der Waals surface area (Å²) >= 11 is 0. The molecular formula is C10H17N3O2. The van der Waals surface area contributed by atoms with Crippen LogP contribution in [0.1, 0.15) is 12.8 Å². The first kappa shape index (κ1) is 10.4. The maximum Gasteiger partial charge on any atom is 0.239 e. The van der Waals surface area contributed by atoms with E-state index in [-0.39, 0.29) is 24.3 Å². The van der Waals surface area contributed by atoms with Crippen molar-refractivity contribution in [2.45, 2.75) is 18.9 Å². The summed E-state index contributed by atoms with van der Waals surface area (Å²) in [5, 5.41) is 5.91. The Morgan fingerprint density at radius 3 is 2.53 bits per heavy atom. The number of nitrogens with one attached hydrogen (secondary N) is 2. The van der Waals surface area contributed by atoms with E-state index < -0.39 is 0 Å². The molecule has 1 saturated carbocycles. The smallest absolute Gasteiger partial charge is 0.239 e. The molecule has 0 aromatic carbocycles. The molecular weight excluding hydrogens is 194 g/mol. The zero-order valence-corrected chi connectivity index (χ0v) is 8.95. The Labute approximate surface area is 89.2 Å². The lowest BCUT2D eigenvalue weighted by Gasteiger charge is -2.29. The van der Waals surface area contributed by atoms with Crippen LogP contribution in [0.25, 0.3) is 0 Å². The highest BCUT2D eigenvalue weighted by Crippen LogP contribution is 2.18. The average molecular weight is 211 g/mol. The van der Waals surface area contributed by atoms with Crippen molar-refractivity contribution in [3.8, 4) is 0 Å². The van der Waals surface area contributed by atoms with Gasteiger partial charge in [-0.05, 0) is 12.8 Å². The van der Waals surface area contributed by atoms with E-state index in [0.29, 0.717) is 6.04 Å². The number of hydrogen-bond donors (Lipinski definition) is 2. The molecule has 0 radical (unpaired) electrons. The molecule has 2 rings (SSSR count). The number of rotatable bonds is 4. The van der Waals surface area contributed by atoms with Gasteiger partial charge in [-0.1, -0.05) is 0 Å². The second-order valence-corrected chi connectivity index (χ2v) is 4.39. The van der Waals surface area contributed by atoms with Crippen LogP contribution in [0.15, 0.2) is 0 Å². The second kappa shape index (κ2) is 4.18. The fourth-order valence-electron chi connectivity index (χ4n) is 1.57. The van der Waals surface area contributed by atoms with Crippen LogP contribution < -0.4 is 10.6 Å². The minimum atomic E-state index is -0.0411. The molecule has 1 heterocycles. The first-order valence-corrected chi connectivity index (χ1v) is 5.42. The van der Waals surface area contributed by atoms with E-state index in [1.807, 2.05) is 0 Å². The van der Waals surface area contributed by atoms with Crippen molar-refractivity contribution < 1.29 is 9.59 Å². The number of nitrogens with zero attached hydrogens (tertiary/aromatic N) is 1. The van der Waals surface area contributed by atoms with E-state index in [1.54, 1.807) is 7.05 Å². The highest BCUT2D eigenvalue weighted by molar-refractivity contribution is 5.86. The van der Waals surface area contributed by atoms with Gasteiger partial charge in [0.2, 0.25) is 11.8 Å². The van der Waals surface area contributed by atoms with Crippen LogP contribution in [0, 0.1) is 5.92 Å². The predicted molar refractivity (Wildman–Crippen MR) is 55.2 cm³/mol. The van der Waals surface area contributed by atoms with Crippen LogP contribution >= 0.6 is 0 Å². The SMILES string of the molecule is CN(CC(=O)NC1CC1)C(=O)C1CNC1. The lowest BCUT2D eigenvalue weighted by Crippen LogP contribution is -2.52. The third-order valence-corrected chi connectivity index (χ3v) is 2.83. The zero-order valence-electron chi connectivity index (χ0n) is 8.95. The summed E-state index contributed by atoms with van der Waals surface area (Å²) in [7, 11) is 1.69. The Morgan fingerprint density at radius 2 is 2.07 bits per heavy atom. The molecule has 1 saturated heterocycles. The number of amides is 2. The third kappa shape index (κ3) is 2.68. The molecule has 2 N–H and O–H groups in total. The Morgan fingerprint density at radius 1 is 1.40 bits per heavy atom. The van der Waals surface area contributed by atoms with Gasteiger partial charge in [0.05, 0.1) is 12.5 Å². The summed E-state index contributed by atoms with van der Waals surface area (Å²) in [5.74, 6) is 0.101. The third-order valence-electron chi connectivity index (χ3n) is 2.83. The number of carbonyl (C=O) groups excluding carboxylic acids is 2. The highest BCUT2D eigenvalue weighted by atomic mass is 16.2. The highest BCUT2D eigenvalue weighted by Gasteiger charge is 2.29. The second-order valence-electron chi connectivity index (χ2n) is 4.39. The van der Waals surface area contributed by atoms with Gasteiger partial charge in [-0.15, -0.1) is 0 Å². The van der Waals surface area contributed by atoms with Crippen molar-refractivity contribution in [1.29, 1.82) is 0 Å². The molecule has 1 aliphatic carbocycles. The molecule has 0 atom stereocenters. The minimum Gasteiger partial charge on any atom is -0.352 e. The Kier molecular flexibility index (Phi) is 2.90. The van der Waals surface area contributed by atoms with Gasteiger partial charge in [-0.2, -0.15) is 0 Å². The van der Waals surface area contributed by atoms with E-state index in [4.69, 9.17) is 0 Å². The molecule has 0 bridgehead atoms. The maximum absolute atomic E-state index is 11.7. The standard InChI is InChI=1S/C10H17N3O2/c1-13(10(15)7-4-11-5-7)6-9(14)12-8-2-3-8/h7-8,11H,2-6H2,1H3,(H,12,14). The van der Waals surface area contributed by atoms with Crippen LogP contribution in [-0.2, 0) is 9.59 Å². The lowest BCUT2D eigenvalue weighted by molar-refractivity contribution is -0.139. The molecule has 1 aliphatic heterocycles. The van der Waals surface area contributed by atoms with Gasteiger partial charge >= 0.3 is 0 Å². The summed E-state index contributed by atoms with van der Waals surface area (Å²) in [6, 6.07) is 0.367. The fourth-order valence-corrected chi connectivity index (χ4v) is 1.57. The average Bonchev–Trinajstić information content (AvgIpc) is 2.84. The van der Waals surface area contributed by atoms with Gasteiger partial charge in [-0.25, -0.2) is 0 Å². The summed E-state index contributed by atoms with van der Waals surface area (Å²) in [4.78, 5) is 24.6. The van der Waals surface area contributed by atoms with Crippen LogP contribution in [0.5, 0.6) is 0 Å². The van der Waals surface area contributed by atoms with Crippen molar-refractivity contribution >= 4 is 11.8 Å². The monoisotopic (exact) mass is 211 g/mol. The van der Waals surface area contributed by atoms with Crippen LogP contribution in [0.4, 0.5) is 0 Å².